The molecule has 0 spiro atoms. The molecule has 0 fully saturated rings. The largest absolute Gasteiger partial charge is 0.315 e. The maximum absolute atomic E-state index is 3.22. The van der Waals surface area contributed by atoms with Gasteiger partial charge in [0.2, 0.25) is 0 Å². The van der Waals surface area contributed by atoms with Crippen LogP contribution in [-0.2, 0) is 19.4 Å². The average Bonchev–Trinajstić information content (AvgIpc) is 2.87. The number of thiophene rings is 1. The SMILES string of the molecule is CNCc1ccc(-c2cccc3c2CCCC3)s1. The normalized spacial score (nSPS) is 14.5. The maximum atomic E-state index is 3.22. The van der Waals surface area contributed by atoms with Crippen LogP contribution in [0.4, 0.5) is 0 Å². The highest BCUT2D eigenvalue weighted by atomic mass is 32.1. The van der Waals surface area contributed by atoms with Crippen LogP contribution in [0, 0.1) is 0 Å². The summed E-state index contributed by atoms with van der Waals surface area (Å²) in [5.41, 5.74) is 4.64. The van der Waals surface area contributed by atoms with Crippen molar-refractivity contribution in [3.8, 4) is 10.4 Å². The van der Waals surface area contributed by atoms with Crippen molar-refractivity contribution in [3.05, 3.63) is 46.3 Å². The topological polar surface area (TPSA) is 12.0 Å². The molecule has 0 atom stereocenters. The van der Waals surface area contributed by atoms with Crippen LogP contribution in [0.1, 0.15) is 28.8 Å². The Morgan fingerprint density at radius 1 is 1.11 bits per heavy atom. The molecule has 1 aliphatic carbocycles. The first-order valence-corrected chi connectivity index (χ1v) is 7.54. The molecule has 3 rings (SSSR count). The van der Waals surface area contributed by atoms with E-state index in [4.69, 9.17) is 0 Å². The standard InChI is InChI=1S/C16H19NS/c1-17-11-13-9-10-16(18-13)15-8-4-6-12-5-2-3-7-14(12)15/h4,6,8-10,17H,2-3,5,7,11H2,1H3. The van der Waals surface area contributed by atoms with Crippen LogP contribution < -0.4 is 5.32 Å². The Morgan fingerprint density at radius 3 is 2.89 bits per heavy atom. The summed E-state index contributed by atoms with van der Waals surface area (Å²) in [5, 5.41) is 3.22. The predicted molar refractivity (Wildman–Crippen MR) is 79.2 cm³/mol. The van der Waals surface area contributed by atoms with Gasteiger partial charge in [-0.2, -0.15) is 0 Å². The van der Waals surface area contributed by atoms with E-state index in [0.29, 0.717) is 0 Å². The molecule has 1 aromatic heterocycles. The Kier molecular flexibility index (Phi) is 3.48. The first kappa shape index (κ1) is 11.9. The van der Waals surface area contributed by atoms with Gasteiger partial charge in [0, 0.05) is 16.3 Å². The van der Waals surface area contributed by atoms with Gasteiger partial charge in [0.05, 0.1) is 0 Å². The third-order valence-corrected chi connectivity index (χ3v) is 4.79. The van der Waals surface area contributed by atoms with Crippen molar-refractivity contribution in [2.45, 2.75) is 32.2 Å². The summed E-state index contributed by atoms with van der Waals surface area (Å²) < 4.78 is 0. The zero-order chi connectivity index (χ0) is 12.4. The van der Waals surface area contributed by atoms with Gasteiger partial charge in [-0.3, -0.25) is 0 Å². The first-order chi connectivity index (χ1) is 8.88. The molecule has 0 radical (unpaired) electrons. The molecule has 0 unspecified atom stereocenters. The highest BCUT2D eigenvalue weighted by molar-refractivity contribution is 7.15. The molecule has 1 nitrogen and oxygen atoms in total. The number of hydrogen-bond acceptors (Lipinski definition) is 2. The van der Waals surface area contributed by atoms with Gasteiger partial charge in [-0.25, -0.2) is 0 Å². The molecule has 1 aliphatic rings. The molecule has 0 saturated carbocycles. The van der Waals surface area contributed by atoms with Gasteiger partial charge in [0.25, 0.3) is 0 Å². The summed E-state index contributed by atoms with van der Waals surface area (Å²) in [6.07, 6.45) is 5.22. The Balaban J connectivity index is 2.00. The lowest BCUT2D eigenvalue weighted by Crippen LogP contribution is -2.03. The molecular formula is C16H19NS. The summed E-state index contributed by atoms with van der Waals surface area (Å²) in [6.45, 7) is 0.972. The maximum Gasteiger partial charge on any atom is 0.0349 e. The molecule has 0 saturated heterocycles. The van der Waals surface area contributed by atoms with E-state index >= 15 is 0 Å². The predicted octanol–water partition coefficient (Wildman–Crippen LogP) is 4.01. The fourth-order valence-corrected chi connectivity index (χ4v) is 3.88. The zero-order valence-electron chi connectivity index (χ0n) is 10.8. The Labute approximate surface area is 113 Å². The highest BCUT2D eigenvalue weighted by Crippen LogP contribution is 2.35. The van der Waals surface area contributed by atoms with E-state index in [9.17, 15) is 0 Å². The zero-order valence-corrected chi connectivity index (χ0v) is 11.6. The summed E-state index contributed by atoms with van der Waals surface area (Å²) >= 11 is 1.92. The summed E-state index contributed by atoms with van der Waals surface area (Å²) in [6, 6.07) is 11.3. The van der Waals surface area contributed by atoms with Gasteiger partial charge in [-0.1, -0.05) is 18.2 Å². The van der Waals surface area contributed by atoms with E-state index in [1.807, 2.05) is 18.4 Å². The number of fused-ring (bicyclic) bond motifs is 1. The lowest BCUT2D eigenvalue weighted by molar-refractivity contribution is 0.687. The van der Waals surface area contributed by atoms with E-state index in [0.717, 1.165) is 6.54 Å². The third-order valence-electron chi connectivity index (χ3n) is 3.67. The van der Waals surface area contributed by atoms with Crippen LogP contribution in [0.15, 0.2) is 30.3 Å². The lowest BCUT2D eigenvalue weighted by Gasteiger charge is -2.18. The summed E-state index contributed by atoms with van der Waals surface area (Å²) in [4.78, 5) is 2.85. The van der Waals surface area contributed by atoms with Crippen molar-refractivity contribution in [3.63, 3.8) is 0 Å². The molecule has 0 aliphatic heterocycles. The van der Waals surface area contributed by atoms with E-state index in [2.05, 4.69) is 35.6 Å². The summed E-state index contributed by atoms with van der Waals surface area (Å²) in [7, 11) is 2.00. The van der Waals surface area contributed by atoms with Crippen LogP contribution in [0.3, 0.4) is 0 Å². The fraction of sp³-hybridized carbons (Fsp3) is 0.375. The fourth-order valence-electron chi connectivity index (χ4n) is 2.80. The monoisotopic (exact) mass is 257 g/mol. The highest BCUT2D eigenvalue weighted by Gasteiger charge is 2.14. The molecule has 1 aromatic carbocycles. The minimum Gasteiger partial charge on any atom is -0.315 e. The molecule has 0 amide bonds. The molecule has 2 heteroatoms. The van der Waals surface area contributed by atoms with Gasteiger partial charge in [-0.05, 0) is 61.6 Å². The molecule has 18 heavy (non-hydrogen) atoms. The lowest BCUT2D eigenvalue weighted by atomic mass is 9.88. The van der Waals surface area contributed by atoms with Crippen molar-refractivity contribution in [1.82, 2.24) is 5.32 Å². The van der Waals surface area contributed by atoms with E-state index in [-0.39, 0.29) is 0 Å². The van der Waals surface area contributed by atoms with E-state index in [1.54, 1.807) is 11.1 Å². The second-order valence-electron chi connectivity index (χ2n) is 4.95. The van der Waals surface area contributed by atoms with Crippen LogP contribution in [0.2, 0.25) is 0 Å². The van der Waals surface area contributed by atoms with Crippen LogP contribution in [-0.4, -0.2) is 7.05 Å². The minimum absolute atomic E-state index is 0.972. The Morgan fingerprint density at radius 2 is 2.00 bits per heavy atom. The van der Waals surface area contributed by atoms with Crippen LogP contribution >= 0.6 is 11.3 Å². The number of rotatable bonds is 3. The van der Waals surface area contributed by atoms with Gasteiger partial charge in [0.1, 0.15) is 0 Å². The van der Waals surface area contributed by atoms with E-state index in [1.165, 1.54) is 41.0 Å². The number of nitrogens with one attached hydrogen (secondary N) is 1. The van der Waals surface area contributed by atoms with E-state index < -0.39 is 0 Å². The van der Waals surface area contributed by atoms with Crippen molar-refractivity contribution in [1.29, 1.82) is 0 Å². The second kappa shape index (κ2) is 5.25. The minimum atomic E-state index is 0.972. The number of aryl methyl sites for hydroxylation is 1. The van der Waals surface area contributed by atoms with Gasteiger partial charge >= 0.3 is 0 Å². The average molecular weight is 257 g/mol. The second-order valence-corrected chi connectivity index (χ2v) is 6.11. The summed E-state index contributed by atoms with van der Waals surface area (Å²) in [5.74, 6) is 0. The van der Waals surface area contributed by atoms with Crippen molar-refractivity contribution < 1.29 is 0 Å². The molecule has 0 bridgehead atoms. The van der Waals surface area contributed by atoms with Gasteiger partial charge in [-0.15, -0.1) is 11.3 Å². The first-order valence-electron chi connectivity index (χ1n) is 6.73. The molecule has 94 valence electrons. The van der Waals surface area contributed by atoms with Gasteiger partial charge < -0.3 is 5.32 Å². The third kappa shape index (κ3) is 2.23. The molecular weight excluding hydrogens is 238 g/mol. The Bertz CT molecular complexity index is 542. The smallest absolute Gasteiger partial charge is 0.0349 e. The molecule has 1 N–H and O–H groups in total. The number of benzene rings is 1. The van der Waals surface area contributed by atoms with Crippen molar-refractivity contribution in [2.24, 2.45) is 0 Å². The molecule has 1 heterocycles. The molecule has 2 aromatic rings. The Hall–Kier alpha value is -1.12. The van der Waals surface area contributed by atoms with Crippen molar-refractivity contribution >= 4 is 11.3 Å². The van der Waals surface area contributed by atoms with Crippen LogP contribution in [0.5, 0.6) is 0 Å². The van der Waals surface area contributed by atoms with Crippen molar-refractivity contribution in [2.75, 3.05) is 7.05 Å². The van der Waals surface area contributed by atoms with Crippen LogP contribution in [0.25, 0.3) is 10.4 Å². The number of hydrogen-bond donors (Lipinski definition) is 1. The van der Waals surface area contributed by atoms with Gasteiger partial charge in [0.15, 0.2) is 0 Å². The quantitative estimate of drug-likeness (QED) is 0.876.